The van der Waals surface area contributed by atoms with E-state index in [1.54, 1.807) is 0 Å². The molecule has 3 nitrogen and oxygen atoms in total. The Kier molecular flexibility index (Phi) is 19.8. The van der Waals surface area contributed by atoms with Crippen molar-refractivity contribution in [2.45, 2.75) is 110 Å². The Labute approximate surface area is 161 Å². The highest BCUT2D eigenvalue weighted by Gasteiger charge is 2.10. The summed E-state index contributed by atoms with van der Waals surface area (Å²) in [6, 6.07) is 0. The van der Waals surface area contributed by atoms with Gasteiger partial charge in [0.25, 0.3) is 0 Å². The molecule has 0 unspecified atom stereocenters. The first-order valence-electron chi connectivity index (χ1n) is 10.5. The number of hydrogen-bond acceptors (Lipinski definition) is 3. The van der Waals surface area contributed by atoms with Crippen LogP contribution in [0.15, 0.2) is 0 Å². The molecule has 0 rings (SSSR count). The van der Waals surface area contributed by atoms with Gasteiger partial charge in [-0.3, -0.25) is 4.79 Å². The van der Waals surface area contributed by atoms with Crippen molar-refractivity contribution in [1.29, 1.82) is 0 Å². The maximum absolute atomic E-state index is 10.8. The van der Waals surface area contributed by atoms with Crippen molar-refractivity contribution in [2.75, 3.05) is 19.1 Å². The van der Waals surface area contributed by atoms with Gasteiger partial charge in [0.15, 0.2) is 0 Å². The van der Waals surface area contributed by atoms with Crippen LogP contribution in [0, 0.1) is 0 Å². The lowest BCUT2D eigenvalue weighted by Gasteiger charge is -2.14. The fourth-order valence-electron chi connectivity index (χ4n) is 2.96. The molecule has 1 atom stereocenters. The molecule has 0 saturated carbocycles. The molecule has 0 aromatic carbocycles. The molecule has 0 aromatic heterocycles. The normalized spacial score (nSPS) is 12.3. The minimum Gasteiger partial charge on any atom is -0.459 e. The fourth-order valence-corrected chi connectivity index (χ4v) is 3.11. The van der Waals surface area contributed by atoms with Crippen LogP contribution in [0.4, 0.5) is 0 Å². The van der Waals surface area contributed by atoms with Crippen molar-refractivity contribution >= 4 is 17.6 Å². The van der Waals surface area contributed by atoms with E-state index < -0.39 is 0 Å². The Morgan fingerprint density at radius 2 is 1.24 bits per heavy atom. The van der Waals surface area contributed by atoms with E-state index >= 15 is 0 Å². The maximum Gasteiger partial charge on any atom is 0.303 e. The third-order valence-electron chi connectivity index (χ3n) is 4.45. The third-order valence-corrected chi connectivity index (χ3v) is 4.79. The predicted octanol–water partition coefficient (Wildman–Crippen LogP) is 6.65. The van der Waals surface area contributed by atoms with Crippen molar-refractivity contribution in [3.8, 4) is 0 Å². The van der Waals surface area contributed by atoms with Crippen LogP contribution in [0.5, 0.6) is 0 Å². The lowest BCUT2D eigenvalue weighted by Crippen LogP contribution is -2.24. The van der Waals surface area contributed by atoms with Gasteiger partial charge in [-0.15, -0.1) is 11.6 Å². The third kappa shape index (κ3) is 19.9. The van der Waals surface area contributed by atoms with E-state index in [4.69, 9.17) is 21.1 Å². The summed E-state index contributed by atoms with van der Waals surface area (Å²) in [5, 5.41) is 0. The number of halogens is 1. The highest BCUT2D eigenvalue weighted by molar-refractivity contribution is 6.18. The van der Waals surface area contributed by atoms with E-state index in [0.29, 0.717) is 12.5 Å². The minimum absolute atomic E-state index is 0.290. The van der Waals surface area contributed by atoms with E-state index in [2.05, 4.69) is 6.92 Å². The van der Waals surface area contributed by atoms with E-state index in [9.17, 15) is 4.79 Å². The number of esters is 1. The number of rotatable bonds is 19. The zero-order valence-electron chi connectivity index (χ0n) is 16.7. The molecular formula is C21H41ClO3. The molecule has 0 fully saturated rings. The first-order valence-corrected chi connectivity index (χ1v) is 11.0. The summed E-state index contributed by atoms with van der Waals surface area (Å²) >= 11 is 5.73. The van der Waals surface area contributed by atoms with E-state index in [1.165, 1.54) is 90.4 Å². The first kappa shape index (κ1) is 24.7. The summed E-state index contributed by atoms with van der Waals surface area (Å²) < 4.78 is 10.6. The SMILES string of the molecule is CCCCCCCCCCCCCCCCOC[C@H](CCl)OC(C)=O. The second-order valence-electron chi connectivity index (χ2n) is 7.06. The van der Waals surface area contributed by atoms with Crippen LogP contribution in [-0.4, -0.2) is 31.2 Å². The van der Waals surface area contributed by atoms with Crippen LogP contribution >= 0.6 is 11.6 Å². The van der Waals surface area contributed by atoms with Crippen molar-refractivity contribution in [3.63, 3.8) is 0 Å². The highest BCUT2D eigenvalue weighted by atomic mass is 35.5. The van der Waals surface area contributed by atoms with E-state index in [0.717, 1.165) is 13.0 Å². The van der Waals surface area contributed by atoms with Crippen molar-refractivity contribution in [2.24, 2.45) is 0 Å². The number of ether oxygens (including phenoxy) is 2. The number of hydrogen-bond donors (Lipinski definition) is 0. The summed E-state index contributed by atoms with van der Waals surface area (Å²) in [6.45, 7) is 4.80. The quantitative estimate of drug-likeness (QED) is 0.144. The number of alkyl halides is 1. The Morgan fingerprint density at radius 1 is 0.800 bits per heavy atom. The van der Waals surface area contributed by atoms with Gasteiger partial charge in [0.05, 0.1) is 12.5 Å². The van der Waals surface area contributed by atoms with Crippen LogP contribution in [0.2, 0.25) is 0 Å². The molecule has 0 aliphatic rings. The zero-order valence-corrected chi connectivity index (χ0v) is 17.5. The molecular weight excluding hydrogens is 336 g/mol. The van der Waals surface area contributed by atoms with Gasteiger partial charge in [0.1, 0.15) is 6.10 Å². The number of carbonyl (C=O) groups excluding carboxylic acids is 1. The molecule has 0 spiro atoms. The molecule has 0 N–H and O–H groups in total. The summed E-state index contributed by atoms with van der Waals surface area (Å²) in [4.78, 5) is 10.8. The topological polar surface area (TPSA) is 35.5 Å². The highest BCUT2D eigenvalue weighted by Crippen LogP contribution is 2.13. The summed E-state index contributed by atoms with van der Waals surface area (Å²) in [5.74, 6) is -0.0102. The monoisotopic (exact) mass is 376 g/mol. The lowest BCUT2D eigenvalue weighted by molar-refractivity contribution is -0.148. The van der Waals surface area contributed by atoms with Gasteiger partial charge in [-0.05, 0) is 6.42 Å². The van der Waals surface area contributed by atoms with Crippen LogP contribution in [-0.2, 0) is 14.3 Å². The molecule has 150 valence electrons. The summed E-state index contributed by atoms with van der Waals surface area (Å²) in [5.41, 5.74) is 0. The van der Waals surface area contributed by atoms with Crippen LogP contribution in [0.25, 0.3) is 0 Å². The van der Waals surface area contributed by atoms with E-state index in [1.807, 2.05) is 0 Å². The average molecular weight is 377 g/mol. The van der Waals surface area contributed by atoms with Crippen molar-refractivity contribution in [1.82, 2.24) is 0 Å². The summed E-state index contributed by atoms with van der Waals surface area (Å²) in [7, 11) is 0. The van der Waals surface area contributed by atoms with Crippen LogP contribution in [0.1, 0.15) is 104 Å². The Balaban J connectivity index is 3.15. The molecule has 0 heterocycles. The smallest absolute Gasteiger partial charge is 0.303 e. The van der Waals surface area contributed by atoms with Gasteiger partial charge in [0.2, 0.25) is 0 Å². The maximum atomic E-state index is 10.8. The predicted molar refractivity (Wildman–Crippen MR) is 107 cm³/mol. The molecule has 0 saturated heterocycles. The Hall–Kier alpha value is -0.280. The van der Waals surface area contributed by atoms with Crippen molar-refractivity contribution < 1.29 is 14.3 Å². The van der Waals surface area contributed by atoms with E-state index in [-0.39, 0.29) is 12.1 Å². The second-order valence-corrected chi connectivity index (χ2v) is 7.37. The Morgan fingerprint density at radius 3 is 1.64 bits per heavy atom. The van der Waals surface area contributed by atoms with Crippen LogP contribution in [0.3, 0.4) is 0 Å². The zero-order chi connectivity index (χ0) is 18.6. The molecule has 0 radical (unpaired) electrons. The fraction of sp³-hybridized carbons (Fsp3) is 0.952. The van der Waals surface area contributed by atoms with Gasteiger partial charge in [-0.25, -0.2) is 0 Å². The first-order chi connectivity index (χ1) is 12.2. The molecule has 25 heavy (non-hydrogen) atoms. The van der Waals surface area contributed by atoms with Gasteiger partial charge < -0.3 is 9.47 Å². The molecule has 0 amide bonds. The molecule has 0 aromatic rings. The molecule has 0 bridgehead atoms. The molecule has 4 heteroatoms. The molecule has 0 aliphatic heterocycles. The average Bonchev–Trinajstić information content (AvgIpc) is 2.60. The summed E-state index contributed by atoms with van der Waals surface area (Å²) in [6.07, 6.45) is 18.7. The van der Waals surface area contributed by atoms with Gasteiger partial charge >= 0.3 is 5.97 Å². The number of carbonyl (C=O) groups is 1. The van der Waals surface area contributed by atoms with Gasteiger partial charge in [0, 0.05) is 13.5 Å². The van der Waals surface area contributed by atoms with Gasteiger partial charge in [-0.2, -0.15) is 0 Å². The standard InChI is InChI=1S/C21H41ClO3/c1-3-4-5-6-7-8-9-10-11-12-13-14-15-16-17-24-19-21(18-22)25-20(2)23/h21H,3-19H2,1-2H3/t21-/m0/s1. The Bertz CT molecular complexity index is 284. The van der Waals surface area contributed by atoms with Gasteiger partial charge in [-0.1, -0.05) is 90.4 Å². The minimum atomic E-state index is -0.314. The molecule has 0 aliphatic carbocycles. The lowest BCUT2D eigenvalue weighted by atomic mass is 10.0. The largest absolute Gasteiger partial charge is 0.459 e. The van der Waals surface area contributed by atoms with Crippen LogP contribution < -0.4 is 0 Å². The number of unbranched alkanes of at least 4 members (excludes halogenated alkanes) is 13. The van der Waals surface area contributed by atoms with Crippen molar-refractivity contribution in [3.05, 3.63) is 0 Å². The second kappa shape index (κ2) is 20.0.